The highest BCUT2D eigenvalue weighted by atomic mass is 16.5. The number of nitrogens with zero attached hydrogens (tertiary/aromatic N) is 1. The summed E-state index contributed by atoms with van der Waals surface area (Å²) in [5.74, 6) is 2.98. The minimum absolute atomic E-state index is 0.520. The molecule has 0 radical (unpaired) electrons. The van der Waals surface area contributed by atoms with E-state index in [1.807, 2.05) is 42.5 Å². The molecule has 2 aromatic carbocycles. The second kappa shape index (κ2) is 8.52. The number of pyridine rings is 1. The van der Waals surface area contributed by atoms with Crippen LogP contribution in [-0.2, 0) is 0 Å². The first-order valence-electron chi connectivity index (χ1n) is 8.65. The van der Waals surface area contributed by atoms with Gasteiger partial charge in [0.05, 0.1) is 41.2 Å². The van der Waals surface area contributed by atoms with Crippen molar-refractivity contribution in [2.75, 3.05) is 35.5 Å². The Hall–Kier alpha value is -3.41. The molecule has 3 aromatic rings. The fourth-order valence-electron chi connectivity index (χ4n) is 3.14. The fraction of sp³-hybridized carbons (Fsp3) is 0.227. The van der Waals surface area contributed by atoms with E-state index in [1.54, 1.807) is 41.7 Å². The first-order chi connectivity index (χ1) is 13.7. The molecule has 0 atom stereocenters. The zero-order chi connectivity index (χ0) is 20.1. The van der Waals surface area contributed by atoms with Gasteiger partial charge in [-0.05, 0) is 35.9 Å². The number of ether oxygens (including phenoxy) is 5. The van der Waals surface area contributed by atoms with Crippen molar-refractivity contribution in [3.05, 3.63) is 48.7 Å². The number of benzene rings is 2. The molecule has 0 aliphatic carbocycles. The Kier molecular flexibility index (Phi) is 5.89. The van der Waals surface area contributed by atoms with Crippen molar-refractivity contribution in [2.24, 2.45) is 0 Å². The molecule has 0 spiro atoms. The molecule has 0 saturated heterocycles. The Morgan fingerprint density at radius 3 is 1.93 bits per heavy atom. The van der Waals surface area contributed by atoms with E-state index in [0.717, 1.165) is 22.4 Å². The third kappa shape index (κ3) is 3.41. The molecular weight excluding hydrogens is 358 g/mol. The molecule has 6 nitrogen and oxygen atoms in total. The maximum Gasteiger partial charge on any atom is 0.203 e. The van der Waals surface area contributed by atoms with E-state index in [1.165, 1.54) is 0 Å². The van der Waals surface area contributed by atoms with Gasteiger partial charge in [0.1, 0.15) is 0 Å². The summed E-state index contributed by atoms with van der Waals surface area (Å²) in [5, 5.41) is 0. The number of hydrogen-bond acceptors (Lipinski definition) is 6. The van der Waals surface area contributed by atoms with Crippen LogP contribution in [0.4, 0.5) is 0 Å². The van der Waals surface area contributed by atoms with Gasteiger partial charge in [0, 0.05) is 17.3 Å². The average molecular weight is 381 g/mol. The van der Waals surface area contributed by atoms with Crippen LogP contribution >= 0.6 is 0 Å². The van der Waals surface area contributed by atoms with E-state index in [9.17, 15) is 0 Å². The Morgan fingerprint density at radius 1 is 0.607 bits per heavy atom. The van der Waals surface area contributed by atoms with Gasteiger partial charge in [0.25, 0.3) is 0 Å². The quantitative estimate of drug-likeness (QED) is 0.602. The van der Waals surface area contributed by atoms with Gasteiger partial charge < -0.3 is 23.7 Å². The third-order valence-electron chi connectivity index (χ3n) is 4.46. The van der Waals surface area contributed by atoms with E-state index >= 15 is 0 Å². The lowest BCUT2D eigenvalue weighted by molar-refractivity contribution is 0.325. The summed E-state index contributed by atoms with van der Waals surface area (Å²) >= 11 is 0. The summed E-state index contributed by atoms with van der Waals surface area (Å²) in [4.78, 5) is 4.61. The van der Waals surface area contributed by atoms with Gasteiger partial charge in [0.2, 0.25) is 5.75 Å². The van der Waals surface area contributed by atoms with Gasteiger partial charge in [-0.2, -0.15) is 0 Å². The van der Waals surface area contributed by atoms with E-state index in [2.05, 4.69) is 4.98 Å². The Morgan fingerprint density at radius 2 is 1.29 bits per heavy atom. The summed E-state index contributed by atoms with van der Waals surface area (Å²) in [7, 11) is 8.00. The topological polar surface area (TPSA) is 59.0 Å². The summed E-state index contributed by atoms with van der Waals surface area (Å²) in [5.41, 5.74) is 3.42. The zero-order valence-corrected chi connectivity index (χ0v) is 16.6. The van der Waals surface area contributed by atoms with Crippen LogP contribution in [0, 0.1) is 0 Å². The first kappa shape index (κ1) is 19.4. The lowest BCUT2D eigenvalue weighted by Crippen LogP contribution is -1.99. The minimum atomic E-state index is 0.520. The smallest absolute Gasteiger partial charge is 0.203 e. The van der Waals surface area contributed by atoms with Crippen molar-refractivity contribution in [2.45, 2.75) is 0 Å². The van der Waals surface area contributed by atoms with Crippen molar-refractivity contribution < 1.29 is 23.7 Å². The largest absolute Gasteiger partial charge is 0.493 e. The molecule has 28 heavy (non-hydrogen) atoms. The normalized spacial score (nSPS) is 10.3. The molecule has 1 aromatic heterocycles. The van der Waals surface area contributed by atoms with Crippen LogP contribution in [0.1, 0.15) is 0 Å². The van der Waals surface area contributed by atoms with Crippen molar-refractivity contribution in [1.82, 2.24) is 4.98 Å². The maximum absolute atomic E-state index is 5.65. The molecule has 0 N–H and O–H groups in total. The predicted octanol–water partition coefficient (Wildman–Crippen LogP) is 4.46. The van der Waals surface area contributed by atoms with Crippen LogP contribution in [0.15, 0.2) is 48.7 Å². The van der Waals surface area contributed by atoms with E-state index in [0.29, 0.717) is 28.7 Å². The Bertz CT molecular complexity index is 971. The van der Waals surface area contributed by atoms with Crippen molar-refractivity contribution in [3.8, 4) is 51.1 Å². The van der Waals surface area contributed by atoms with Crippen LogP contribution < -0.4 is 23.7 Å². The number of methoxy groups -OCH3 is 5. The molecule has 0 bridgehead atoms. The van der Waals surface area contributed by atoms with Crippen molar-refractivity contribution >= 4 is 0 Å². The van der Waals surface area contributed by atoms with Crippen molar-refractivity contribution in [1.29, 1.82) is 0 Å². The summed E-state index contributed by atoms with van der Waals surface area (Å²) in [6.07, 6.45) is 1.75. The number of aromatic nitrogens is 1. The summed E-state index contributed by atoms with van der Waals surface area (Å²) < 4.78 is 27.3. The molecule has 0 amide bonds. The molecule has 0 aliphatic rings. The van der Waals surface area contributed by atoms with Crippen LogP contribution in [0.2, 0.25) is 0 Å². The SMILES string of the molecule is COc1ccc(-c2cccnc2-c2ccc(OC)c(OC)c2OC)cc1OC. The number of hydrogen-bond donors (Lipinski definition) is 0. The first-order valence-corrected chi connectivity index (χ1v) is 8.65. The van der Waals surface area contributed by atoms with Crippen LogP contribution in [0.5, 0.6) is 28.7 Å². The molecule has 146 valence electrons. The zero-order valence-electron chi connectivity index (χ0n) is 16.6. The van der Waals surface area contributed by atoms with E-state index < -0.39 is 0 Å². The highest BCUT2D eigenvalue weighted by molar-refractivity contribution is 5.86. The Balaban J connectivity index is 2.22. The van der Waals surface area contributed by atoms with Crippen LogP contribution in [0.3, 0.4) is 0 Å². The van der Waals surface area contributed by atoms with E-state index in [4.69, 9.17) is 23.7 Å². The van der Waals surface area contributed by atoms with Gasteiger partial charge in [0.15, 0.2) is 23.0 Å². The second-order valence-electron chi connectivity index (χ2n) is 5.85. The molecule has 3 rings (SSSR count). The molecule has 0 unspecified atom stereocenters. The minimum Gasteiger partial charge on any atom is -0.493 e. The standard InChI is InChI=1S/C22H23NO5/c1-24-17-10-8-14(13-19(17)26-3)15-7-6-12-23-20(15)16-9-11-18(25-2)22(28-5)21(16)27-4/h6-13H,1-5H3. The summed E-state index contributed by atoms with van der Waals surface area (Å²) in [6, 6.07) is 13.4. The lowest BCUT2D eigenvalue weighted by atomic mass is 9.98. The van der Waals surface area contributed by atoms with Crippen LogP contribution in [-0.4, -0.2) is 40.5 Å². The highest BCUT2D eigenvalue weighted by Crippen LogP contribution is 2.46. The monoisotopic (exact) mass is 381 g/mol. The highest BCUT2D eigenvalue weighted by Gasteiger charge is 2.20. The lowest BCUT2D eigenvalue weighted by Gasteiger charge is -2.17. The number of rotatable bonds is 7. The van der Waals surface area contributed by atoms with E-state index in [-0.39, 0.29) is 0 Å². The molecule has 0 fully saturated rings. The van der Waals surface area contributed by atoms with Crippen LogP contribution in [0.25, 0.3) is 22.4 Å². The molecule has 0 saturated carbocycles. The van der Waals surface area contributed by atoms with Gasteiger partial charge >= 0.3 is 0 Å². The second-order valence-corrected chi connectivity index (χ2v) is 5.85. The average Bonchev–Trinajstić information content (AvgIpc) is 2.77. The summed E-state index contributed by atoms with van der Waals surface area (Å²) in [6.45, 7) is 0. The molecular formula is C22H23NO5. The fourth-order valence-corrected chi connectivity index (χ4v) is 3.14. The Labute approximate surface area is 164 Å². The maximum atomic E-state index is 5.65. The molecule has 0 aliphatic heterocycles. The molecule has 6 heteroatoms. The van der Waals surface area contributed by atoms with Crippen molar-refractivity contribution in [3.63, 3.8) is 0 Å². The third-order valence-corrected chi connectivity index (χ3v) is 4.46. The van der Waals surface area contributed by atoms with Gasteiger partial charge in [-0.25, -0.2) is 0 Å². The van der Waals surface area contributed by atoms with Gasteiger partial charge in [-0.1, -0.05) is 12.1 Å². The molecule has 1 heterocycles. The van der Waals surface area contributed by atoms with Gasteiger partial charge in [-0.3, -0.25) is 4.98 Å². The predicted molar refractivity (Wildman–Crippen MR) is 108 cm³/mol. The van der Waals surface area contributed by atoms with Gasteiger partial charge in [-0.15, -0.1) is 0 Å².